The average molecular weight is 259 g/mol. The molecule has 1 aromatic carbocycles. The molecule has 5 heteroatoms. The van der Waals surface area contributed by atoms with Gasteiger partial charge in [-0.3, -0.25) is 9.59 Å². The monoisotopic (exact) mass is 259 g/mol. The zero-order valence-electron chi connectivity index (χ0n) is 10.1. The van der Waals surface area contributed by atoms with E-state index < -0.39 is 5.43 Å². The third-order valence-electron chi connectivity index (χ3n) is 2.58. The zero-order valence-corrected chi connectivity index (χ0v) is 10.1. The Morgan fingerprint density at radius 1 is 1.26 bits per heavy atom. The largest absolute Gasteiger partial charge is 0.483 e. The van der Waals surface area contributed by atoms with E-state index in [1.807, 2.05) is 30.3 Å². The van der Waals surface area contributed by atoms with Crippen molar-refractivity contribution in [3.8, 4) is 5.75 Å². The fourth-order valence-electron chi connectivity index (χ4n) is 1.67. The van der Waals surface area contributed by atoms with Crippen LogP contribution in [0, 0.1) is 0 Å². The Morgan fingerprint density at radius 2 is 2.00 bits per heavy atom. The van der Waals surface area contributed by atoms with E-state index in [0.717, 1.165) is 5.56 Å². The minimum absolute atomic E-state index is 0.0314. The first-order chi connectivity index (χ1) is 9.24. The van der Waals surface area contributed by atoms with Gasteiger partial charge in [0, 0.05) is 11.8 Å². The number of carbonyl (C=O) groups is 1. The summed E-state index contributed by atoms with van der Waals surface area (Å²) in [6.07, 6.45) is 0.501. The van der Waals surface area contributed by atoms with Crippen LogP contribution in [0.1, 0.15) is 21.7 Å². The number of hydrogen-bond acceptors (Lipinski definition) is 4. The van der Waals surface area contributed by atoms with Gasteiger partial charge >= 0.3 is 0 Å². The second-order valence-corrected chi connectivity index (χ2v) is 3.95. The predicted octanol–water partition coefficient (Wildman–Crippen LogP) is 1.26. The van der Waals surface area contributed by atoms with Gasteiger partial charge in [0.1, 0.15) is 12.3 Å². The number of aldehydes is 1. The van der Waals surface area contributed by atoms with Crippen LogP contribution in [0.5, 0.6) is 5.75 Å². The van der Waals surface area contributed by atoms with E-state index in [1.165, 1.54) is 6.07 Å². The van der Waals surface area contributed by atoms with Crippen molar-refractivity contribution >= 4 is 6.29 Å². The number of hydrogen-bond donors (Lipinski definition) is 2. The lowest BCUT2D eigenvalue weighted by atomic mass is 10.2. The number of aliphatic hydroxyl groups is 1. The van der Waals surface area contributed by atoms with Gasteiger partial charge in [0.25, 0.3) is 0 Å². The van der Waals surface area contributed by atoms with E-state index in [4.69, 9.17) is 9.84 Å². The molecule has 19 heavy (non-hydrogen) atoms. The number of aromatic amines is 1. The predicted molar refractivity (Wildman–Crippen MR) is 69.1 cm³/mol. The van der Waals surface area contributed by atoms with Gasteiger partial charge < -0.3 is 14.8 Å². The minimum atomic E-state index is -0.430. The maximum atomic E-state index is 11.8. The van der Waals surface area contributed by atoms with Gasteiger partial charge in [-0.15, -0.1) is 0 Å². The molecule has 0 aliphatic rings. The second kappa shape index (κ2) is 5.97. The van der Waals surface area contributed by atoms with Crippen molar-refractivity contribution in [3.63, 3.8) is 0 Å². The molecule has 0 saturated carbocycles. The molecule has 0 saturated heterocycles. The minimum Gasteiger partial charge on any atom is -0.483 e. The van der Waals surface area contributed by atoms with E-state index in [2.05, 4.69) is 4.98 Å². The third-order valence-corrected chi connectivity index (χ3v) is 2.58. The van der Waals surface area contributed by atoms with Crippen LogP contribution in [-0.4, -0.2) is 16.4 Å². The fraction of sp³-hybridized carbons (Fsp3) is 0.143. The van der Waals surface area contributed by atoms with Crippen LogP contribution in [0.4, 0.5) is 0 Å². The van der Waals surface area contributed by atoms with Gasteiger partial charge in [-0.2, -0.15) is 0 Å². The van der Waals surface area contributed by atoms with Crippen LogP contribution < -0.4 is 10.2 Å². The van der Waals surface area contributed by atoms with Crippen molar-refractivity contribution in [1.29, 1.82) is 0 Å². The molecule has 1 heterocycles. The van der Waals surface area contributed by atoms with Crippen molar-refractivity contribution in [2.75, 3.05) is 0 Å². The summed E-state index contributed by atoms with van der Waals surface area (Å²) in [7, 11) is 0. The molecule has 0 radical (unpaired) electrons. The summed E-state index contributed by atoms with van der Waals surface area (Å²) >= 11 is 0. The first-order valence-corrected chi connectivity index (χ1v) is 5.73. The Balaban J connectivity index is 2.25. The van der Waals surface area contributed by atoms with E-state index in [-0.39, 0.29) is 30.4 Å². The Kier molecular flexibility index (Phi) is 4.10. The summed E-state index contributed by atoms with van der Waals surface area (Å²) in [6.45, 7) is -0.141. The summed E-state index contributed by atoms with van der Waals surface area (Å²) < 4.78 is 5.39. The number of nitrogens with one attached hydrogen (secondary N) is 1. The quantitative estimate of drug-likeness (QED) is 0.792. The Morgan fingerprint density at radius 3 is 2.63 bits per heavy atom. The van der Waals surface area contributed by atoms with Crippen LogP contribution in [0.15, 0.2) is 41.2 Å². The number of pyridine rings is 1. The van der Waals surface area contributed by atoms with Crippen LogP contribution >= 0.6 is 0 Å². The molecular weight excluding hydrogens is 246 g/mol. The van der Waals surface area contributed by atoms with Crippen molar-refractivity contribution in [3.05, 3.63) is 63.6 Å². The molecule has 0 aliphatic carbocycles. The molecule has 0 bridgehead atoms. The molecular formula is C14H13NO4. The molecule has 2 aromatic rings. The highest BCUT2D eigenvalue weighted by molar-refractivity contribution is 5.76. The Labute approximate surface area is 109 Å². The summed E-state index contributed by atoms with van der Waals surface area (Å²) in [5.41, 5.74) is 0.775. The maximum absolute atomic E-state index is 11.8. The normalized spacial score (nSPS) is 10.2. The van der Waals surface area contributed by atoms with Gasteiger partial charge in [0.2, 0.25) is 5.43 Å². The van der Waals surface area contributed by atoms with Crippen LogP contribution in [0.25, 0.3) is 0 Å². The van der Waals surface area contributed by atoms with Gasteiger partial charge in [-0.05, 0) is 5.56 Å². The van der Waals surface area contributed by atoms with E-state index >= 15 is 0 Å². The van der Waals surface area contributed by atoms with Gasteiger partial charge in [0.05, 0.1) is 6.61 Å². The second-order valence-electron chi connectivity index (χ2n) is 3.95. The number of carbonyl (C=O) groups excluding carboxylic acids is 1. The van der Waals surface area contributed by atoms with Crippen LogP contribution in [0.2, 0.25) is 0 Å². The molecule has 98 valence electrons. The first kappa shape index (κ1) is 13.0. The lowest BCUT2D eigenvalue weighted by Gasteiger charge is -2.08. The van der Waals surface area contributed by atoms with Crippen molar-refractivity contribution < 1.29 is 14.6 Å². The molecule has 1 aromatic heterocycles. The number of ether oxygens (including phenoxy) is 1. The highest BCUT2D eigenvalue weighted by Crippen LogP contribution is 2.12. The Bertz CT molecular complexity index is 619. The summed E-state index contributed by atoms with van der Waals surface area (Å²) in [5, 5.41) is 8.95. The number of rotatable bonds is 5. The molecule has 5 nitrogen and oxygen atoms in total. The highest BCUT2D eigenvalue weighted by Gasteiger charge is 2.10. The van der Waals surface area contributed by atoms with Crippen molar-refractivity contribution in [2.24, 2.45) is 0 Å². The third kappa shape index (κ3) is 3.08. The number of aliphatic hydroxyl groups excluding tert-OH is 1. The SMILES string of the molecule is O=Cc1[nH]c(CO)cc(=O)c1OCc1ccccc1. The molecule has 0 spiro atoms. The van der Waals surface area contributed by atoms with E-state index in [0.29, 0.717) is 6.29 Å². The molecule has 0 aliphatic heterocycles. The summed E-state index contributed by atoms with van der Waals surface area (Å²) in [4.78, 5) is 25.4. The molecule has 2 N–H and O–H groups in total. The van der Waals surface area contributed by atoms with Gasteiger partial charge in [0.15, 0.2) is 12.0 Å². The van der Waals surface area contributed by atoms with Crippen molar-refractivity contribution in [1.82, 2.24) is 4.98 Å². The smallest absolute Gasteiger partial charge is 0.224 e. The fourth-order valence-corrected chi connectivity index (χ4v) is 1.67. The van der Waals surface area contributed by atoms with Crippen LogP contribution in [-0.2, 0) is 13.2 Å². The van der Waals surface area contributed by atoms with Gasteiger partial charge in [-0.1, -0.05) is 30.3 Å². The molecule has 0 unspecified atom stereocenters. The standard InChI is InChI=1S/C14H13NO4/c16-7-11-6-13(18)14(12(8-17)15-11)19-9-10-4-2-1-3-5-10/h1-6,8,16H,7,9H2,(H,15,18). The molecule has 0 atom stereocenters. The highest BCUT2D eigenvalue weighted by atomic mass is 16.5. The van der Waals surface area contributed by atoms with Crippen LogP contribution in [0.3, 0.4) is 0 Å². The lowest BCUT2D eigenvalue weighted by Crippen LogP contribution is -2.13. The first-order valence-electron chi connectivity index (χ1n) is 5.73. The van der Waals surface area contributed by atoms with Crippen molar-refractivity contribution in [2.45, 2.75) is 13.2 Å². The Hall–Kier alpha value is -2.40. The maximum Gasteiger partial charge on any atom is 0.224 e. The number of H-pyrrole nitrogens is 1. The summed E-state index contributed by atoms with van der Waals surface area (Å²) in [6, 6.07) is 10.5. The molecule has 0 amide bonds. The number of benzene rings is 1. The average Bonchev–Trinajstić information content (AvgIpc) is 2.46. The van der Waals surface area contributed by atoms with Gasteiger partial charge in [-0.25, -0.2) is 0 Å². The van der Waals surface area contributed by atoms with E-state index in [1.54, 1.807) is 0 Å². The lowest BCUT2D eigenvalue weighted by molar-refractivity contribution is 0.111. The topological polar surface area (TPSA) is 79.4 Å². The van der Waals surface area contributed by atoms with E-state index in [9.17, 15) is 9.59 Å². The summed E-state index contributed by atoms with van der Waals surface area (Å²) in [5.74, 6) is -0.0314. The molecule has 2 rings (SSSR count). The molecule has 0 fully saturated rings. The zero-order chi connectivity index (χ0) is 13.7. The number of aromatic nitrogens is 1.